The van der Waals surface area contributed by atoms with Crippen molar-refractivity contribution in [3.63, 3.8) is 0 Å². The average molecular weight is 553 g/mol. The number of benzene rings is 1. The molecule has 3 atom stereocenters. The topological polar surface area (TPSA) is 106 Å². The van der Waals surface area contributed by atoms with Gasteiger partial charge in [0.15, 0.2) is 0 Å². The molecular formula is C30H40N4O6. The van der Waals surface area contributed by atoms with Gasteiger partial charge in [0.1, 0.15) is 18.0 Å². The molecule has 3 aromatic rings. The van der Waals surface area contributed by atoms with Crippen molar-refractivity contribution in [2.24, 2.45) is 13.0 Å². The van der Waals surface area contributed by atoms with E-state index in [1.54, 1.807) is 18.7 Å². The van der Waals surface area contributed by atoms with Crippen LogP contribution in [-0.4, -0.2) is 71.9 Å². The summed E-state index contributed by atoms with van der Waals surface area (Å²) >= 11 is 0. The number of hydrogen-bond donors (Lipinski definition) is 1. The molecule has 0 amide bonds. The van der Waals surface area contributed by atoms with Gasteiger partial charge >= 0.3 is 5.97 Å². The predicted molar refractivity (Wildman–Crippen MR) is 151 cm³/mol. The summed E-state index contributed by atoms with van der Waals surface area (Å²) in [5.74, 6) is 1.00. The number of nitrogens with zero attached hydrogens (tertiary/aromatic N) is 3. The van der Waals surface area contributed by atoms with E-state index >= 15 is 0 Å². The minimum Gasteiger partial charge on any atom is -0.459 e. The van der Waals surface area contributed by atoms with E-state index in [9.17, 15) is 9.59 Å². The SMILES string of the molecule is COC(C)C(NCc1ccc2c(c1)nc(-c1cc(C)c(=O)n(C)c1)n2CC1CCOCC1)C(=O)O[C@H]1CCOC1. The highest BCUT2D eigenvalue weighted by Gasteiger charge is 2.30. The van der Waals surface area contributed by atoms with Gasteiger partial charge in [0.05, 0.1) is 30.4 Å². The highest BCUT2D eigenvalue weighted by molar-refractivity contribution is 5.81. The second kappa shape index (κ2) is 12.6. The molecule has 2 saturated heterocycles. The second-order valence-electron chi connectivity index (χ2n) is 11.0. The van der Waals surface area contributed by atoms with Crippen molar-refractivity contribution in [1.29, 1.82) is 0 Å². The zero-order chi connectivity index (χ0) is 28.2. The number of aryl methyl sites for hydroxylation is 2. The predicted octanol–water partition coefficient (Wildman–Crippen LogP) is 2.96. The van der Waals surface area contributed by atoms with Crippen molar-refractivity contribution in [3.05, 3.63) is 51.9 Å². The van der Waals surface area contributed by atoms with E-state index in [4.69, 9.17) is 23.9 Å². The Labute approximate surface area is 234 Å². The lowest BCUT2D eigenvalue weighted by Gasteiger charge is -2.24. The van der Waals surface area contributed by atoms with Crippen LogP contribution >= 0.6 is 0 Å². The molecule has 0 radical (unpaired) electrons. The maximum absolute atomic E-state index is 12.9. The van der Waals surface area contributed by atoms with Crippen LogP contribution in [0.5, 0.6) is 0 Å². The molecule has 2 aliphatic heterocycles. The Morgan fingerprint density at radius 1 is 1.18 bits per heavy atom. The van der Waals surface area contributed by atoms with E-state index in [2.05, 4.69) is 28.1 Å². The van der Waals surface area contributed by atoms with Gasteiger partial charge in [-0.2, -0.15) is 0 Å². The van der Waals surface area contributed by atoms with Gasteiger partial charge in [0, 0.05) is 64.2 Å². The summed E-state index contributed by atoms with van der Waals surface area (Å²) in [6.45, 7) is 7.57. The van der Waals surface area contributed by atoms with Crippen molar-refractivity contribution < 1.29 is 23.7 Å². The minimum atomic E-state index is -0.614. The molecule has 4 heterocycles. The zero-order valence-electron chi connectivity index (χ0n) is 23.9. The third-order valence-corrected chi connectivity index (χ3v) is 8.01. The van der Waals surface area contributed by atoms with Gasteiger partial charge in [0.2, 0.25) is 0 Å². The number of ether oxygens (including phenoxy) is 4. The molecule has 5 rings (SSSR count). The van der Waals surface area contributed by atoms with Crippen LogP contribution in [0.1, 0.15) is 37.3 Å². The van der Waals surface area contributed by atoms with Crippen molar-refractivity contribution in [2.75, 3.05) is 33.5 Å². The third kappa shape index (κ3) is 6.30. The first-order valence-electron chi connectivity index (χ1n) is 14.1. The first-order chi connectivity index (χ1) is 19.3. The van der Waals surface area contributed by atoms with Crippen molar-refractivity contribution in [2.45, 2.75) is 64.4 Å². The molecule has 2 aromatic heterocycles. The fraction of sp³-hybridized carbons (Fsp3) is 0.567. The number of esters is 1. The van der Waals surface area contributed by atoms with Crippen LogP contribution in [0.4, 0.5) is 0 Å². The smallest absolute Gasteiger partial charge is 0.326 e. The molecule has 0 bridgehead atoms. The maximum atomic E-state index is 12.9. The van der Waals surface area contributed by atoms with Gasteiger partial charge in [-0.3, -0.25) is 14.9 Å². The number of rotatable bonds is 10. The molecular weight excluding hydrogens is 512 g/mol. The average Bonchev–Trinajstić information content (AvgIpc) is 3.59. The van der Waals surface area contributed by atoms with Gasteiger partial charge < -0.3 is 28.1 Å². The summed E-state index contributed by atoms with van der Waals surface area (Å²) in [4.78, 5) is 30.4. The number of methoxy groups -OCH3 is 1. The fourth-order valence-corrected chi connectivity index (χ4v) is 5.53. The molecule has 10 heteroatoms. The lowest BCUT2D eigenvalue weighted by molar-refractivity contribution is -0.155. The fourth-order valence-electron chi connectivity index (χ4n) is 5.53. The number of carbonyl (C=O) groups is 1. The molecule has 10 nitrogen and oxygen atoms in total. The van der Waals surface area contributed by atoms with E-state index in [1.165, 1.54) is 0 Å². The Balaban J connectivity index is 1.42. The van der Waals surface area contributed by atoms with E-state index in [1.807, 2.05) is 26.1 Å². The largest absolute Gasteiger partial charge is 0.459 e. The standard InChI is InChI=1S/C30H40N4O6/c1-19-13-23(17-33(3)29(19)35)28-32-25-14-22(5-6-26(25)34(28)16-21-7-10-38-11-8-21)15-31-27(20(2)37-4)30(36)40-24-9-12-39-18-24/h5-6,13-14,17,20-21,24,27,31H,7-12,15-16,18H2,1-4H3/t20?,24-,27?/m0/s1. The lowest BCUT2D eigenvalue weighted by Crippen LogP contribution is -2.47. The number of aromatic nitrogens is 3. The van der Waals surface area contributed by atoms with E-state index in [-0.39, 0.29) is 23.7 Å². The first-order valence-corrected chi connectivity index (χ1v) is 14.1. The number of fused-ring (bicyclic) bond motifs is 1. The molecule has 1 aromatic carbocycles. The molecule has 0 aliphatic carbocycles. The van der Waals surface area contributed by atoms with Crippen LogP contribution in [0.3, 0.4) is 0 Å². The summed E-state index contributed by atoms with van der Waals surface area (Å²) in [6, 6.07) is 7.53. The lowest BCUT2D eigenvalue weighted by atomic mass is 10.00. The Morgan fingerprint density at radius 3 is 2.65 bits per heavy atom. The quantitative estimate of drug-likeness (QED) is 0.383. The maximum Gasteiger partial charge on any atom is 0.326 e. The first kappa shape index (κ1) is 28.5. The summed E-state index contributed by atoms with van der Waals surface area (Å²) in [5.41, 5.74) is 4.49. The summed E-state index contributed by atoms with van der Waals surface area (Å²) in [5, 5.41) is 3.34. The monoisotopic (exact) mass is 552 g/mol. The molecule has 0 saturated carbocycles. The zero-order valence-corrected chi connectivity index (χ0v) is 23.9. The molecule has 40 heavy (non-hydrogen) atoms. The summed E-state index contributed by atoms with van der Waals surface area (Å²) in [6.07, 6.45) is 4.01. The summed E-state index contributed by atoms with van der Waals surface area (Å²) in [7, 11) is 3.36. The number of hydrogen-bond acceptors (Lipinski definition) is 8. The Morgan fingerprint density at radius 2 is 1.95 bits per heavy atom. The van der Waals surface area contributed by atoms with Gasteiger partial charge in [0.25, 0.3) is 5.56 Å². The van der Waals surface area contributed by atoms with Crippen LogP contribution in [-0.2, 0) is 43.9 Å². The molecule has 2 unspecified atom stereocenters. The van der Waals surface area contributed by atoms with Crippen LogP contribution in [0.15, 0.2) is 35.3 Å². The minimum absolute atomic E-state index is 0.0111. The van der Waals surface area contributed by atoms with Crippen LogP contribution in [0.25, 0.3) is 22.4 Å². The van der Waals surface area contributed by atoms with Crippen LogP contribution in [0, 0.1) is 12.8 Å². The third-order valence-electron chi connectivity index (χ3n) is 8.01. The van der Waals surface area contributed by atoms with Crippen molar-refractivity contribution in [1.82, 2.24) is 19.4 Å². The Bertz CT molecular complexity index is 1360. The molecule has 2 fully saturated rings. The van der Waals surface area contributed by atoms with Crippen molar-refractivity contribution in [3.8, 4) is 11.4 Å². The second-order valence-corrected chi connectivity index (χ2v) is 11.0. The molecule has 216 valence electrons. The van der Waals surface area contributed by atoms with E-state index in [0.717, 1.165) is 60.6 Å². The molecule has 1 N–H and O–H groups in total. The normalized spacial score (nSPS) is 19.6. The number of imidazole rings is 1. The Hall–Kier alpha value is -3.05. The van der Waals surface area contributed by atoms with Crippen molar-refractivity contribution >= 4 is 17.0 Å². The molecule has 0 spiro atoms. The van der Waals surface area contributed by atoms with Gasteiger partial charge in [-0.25, -0.2) is 4.98 Å². The number of pyridine rings is 1. The highest BCUT2D eigenvalue weighted by atomic mass is 16.6. The van der Waals surface area contributed by atoms with Crippen LogP contribution < -0.4 is 10.9 Å². The van der Waals surface area contributed by atoms with Crippen LogP contribution in [0.2, 0.25) is 0 Å². The molecule has 2 aliphatic rings. The number of nitrogens with one attached hydrogen (secondary N) is 1. The van der Waals surface area contributed by atoms with E-state index < -0.39 is 6.04 Å². The highest BCUT2D eigenvalue weighted by Crippen LogP contribution is 2.29. The number of carbonyl (C=O) groups excluding carboxylic acids is 1. The van der Waals surface area contributed by atoms with Gasteiger partial charge in [-0.1, -0.05) is 6.07 Å². The van der Waals surface area contributed by atoms with E-state index in [0.29, 0.717) is 37.7 Å². The summed E-state index contributed by atoms with van der Waals surface area (Å²) < 4.78 is 26.0. The van der Waals surface area contributed by atoms with Gasteiger partial charge in [-0.05, 0) is 56.4 Å². The van der Waals surface area contributed by atoms with Gasteiger partial charge in [-0.15, -0.1) is 0 Å². The Kier molecular flexibility index (Phi) is 9.00.